The highest BCUT2D eigenvalue weighted by atomic mass is 16.3. The van der Waals surface area contributed by atoms with Gasteiger partial charge in [-0.25, -0.2) is 4.98 Å². The topological polar surface area (TPSA) is 53.7 Å². The van der Waals surface area contributed by atoms with E-state index < -0.39 is 0 Å². The van der Waals surface area contributed by atoms with Crippen LogP contribution in [-0.4, -0.2) is 43.1 Å². The first kappa shape index (κ1) is 14.2. The van der Waals surface area contributed by atoms with Crippen LogP contribution in [0.25, 0.3) is 5.65 Å². The van der Waals surface area contributed by atoms with Gasteiger partial charge in [-0.1, -0.05) is 19.3 Å². The number of imidazole rings is 1. The minimum atomic E-state index is -0.173. The SMILES string of the molecule is OC1CC(C2CCCCC2)N(Cc2cnc3cnccn23)C1. The molecule has 2 fully saturated rings. The molecule has 5 nitrogen and oxygen atoms in total. The van der Waals surface area contributed by atoms with Gasteiger partial charge in [-0.05, 0) is 25.2 Å². The monoisotopic (exact) mass is 300 g/mol. The predicted molar refractivity (Wildman–Crippen MR) is 84.4 cm³/mol. The number of rotatable bonds is 3. The Kier molecular flexibility index (Phi) is 3.84. The Labute approximate surface area is 131 Å². The summed E-state index contributed by atoms with van der Waals surface area (Å²) in [6, 6.07) is 0.530. The van der Waals surface area contributed by atoms with Gasteiger partial charge in [-0.15, -0.1) is 0 Å². The molecule has 3 heterocycles. The van der Waals surface area contributed by atoms with Gasteiger partial charge in [-0.3, -0.25) is 14.3 Å². The van der Waals surface area contributed by atoms with Crippen molar-refractivity contribution < 1.29 is 5.11 Å². The fraction of sp³-hybridized carbons (Fsp3) is 0.647. The largest absolute Gasteiger partial charge is 0.392 e. The Balaban J connectivity index is 1.54. The number of likely N-dealkylation sites (tertiary alicyclic amines) is 1. The quantitative estimate of drug-likeness (QED) is 0.944. The number of aromatic nitrogens is 3. The third-order valence-electron chi connectivity index (χ3n) is 5.38. The number of aliphatic hydroxyl groups is 1. The maximum absolute atomic E-state index is 10.2. The second kappa shape index (κ2) is 5.97. The lowest BCUT2D eigenvalue weighted by atomic mass is 9.82. The van der Waals surface area contributed by atoms with Crippen LogP contribution >= 0.6 is 0 Å². The van der Waals surface area contributed by atoms with Crippen molar-refractivity contribution >= 4 is 5.65 Å². The van der Waals surface area contributed by atoms with Crippen molar-refractivity contribution in [3.8, 4) is 0 Å². The first-order chi connectivity index (χ1) is 10.8. The van der Waals surface area contributed by atoms with E-state index in [1.165, 1.54) is 37.8 Å². The van der Waals surface area contributed by atoms with Crippen LogP contribution < -0.4 is 0 Å². The first-order valence-electron chi connectivity index (χ1n) is 8.49. The Morgan fingerprint density at radius 3 is 2.91 bits per heavy atom. The lowest BCUT2D eigenvalue weighted by Crippen LogP contribution is -2.36. The zero-order valence-corrected chi connectivity index (χ0v) is 12.9. The van der Waals surface area contributed by atoms with E-state index in [4.69, 9.17) is 0 Å². The molecule has 2 aromatic heterocycles. The summed E-state index contributed by atoms with van der Waals surface area (Å²) in [5.41, 5.74) is 2.08. The molecule has 1 aliphatic heterocycles. The lowest BCUT2D eigenvalue weighted by molar-refractivity contribution is 0.146. The van der Waals surface area contributed by atoms with E-state index in [1.807, 2.05) is 12.4 Å². The molecule has 0 amide bonds. The molecule has 2 aromatic rings. The van der Waals surface area contributed by atoms with Gasteiger partial charge < -0.3 is 5.11 Å². The highest BCUT2D eigenvalue weighted by Gasteiger charge is 2.36. The molecule has 2 aliphatic rings. The standard InChI is InChI=1S/C17H24N4O/c22-15-8-16(13-4-2-1-3-5-13)20(12-15)11-14-9-19-17-10-18-6-7-21(14)17/h6-7,9-10,13,15-16,22H,1-5,8,11-12H2. The molecule has 2 atom stereocenters. The van der Waals surface area contributed by atoms with Gasteiger partial charge >= 0.3 is 0 Å². The van der Waals surface area contributed by atoms with E-state index in [-0.39, 0.29) is 6.10 Å². The summed E-state index contributed by atoms with van der Waals surface area (Å²) in [6.45, 7) is 1.66. The van der Waals surface area contributed by atoms with E-state index in [2.05, 4.69) is 19.3 Å². The summed E-state index contributed by atoms with van der Waals surface area (Å²) in [6.07, 6.45) is 15.0. The van der Waals surface area contributed by atoms with Crippen molar-refractivity contribution in [1.29, 1.82) is 0 Å². The van der Waals surface area contributed by atoms with Crippen LogP contribution in [0.4, 0.5) is 0 Å². The molecule has 1 saturated carbocycles. The Morgan fingerprint density at radius 2 is 2.05 bits per heavy atom. The molecule has 5 heteroatoms. The van der Waals surface area contributed by atoms with Gasteiger partial charge in [0.2, 0.25) is 0 Å². The van der Waals surface area contributed by atoms with Gasteiger partial charge in [0.25, 0.3) is 0 Å². The van der Waals surface area contributed by atoms with Crippen LogP contribution in [0, 0.1) is 5.92 Å². The number of hydrogen-bond acceptors (Lipinski definition) is 4. The summed E-state index contributed by atoms with van der Waals surface area (Å²) < 4.78 is 2.11. The normalized spacial score (nSPS) is 27.7. The Hall–Kier alpha value is -1.46. The molecular formula is C17H24N4O. The van der Waals surface area contributed by atoms with Crippen molar-refractivity contribution in [3.05, 3.63) is 30.5 Å². The number of hydrogen-bond donors (Lipinski definition) is 1. The van der Waals surface area contributed by atoms with Gasteiger partial charge in [0.15, 0.2) is 5.65 Å². The fourth-order valence-electron chi connectivity index (χ4n) is 4.32. The van der Waals surface area contributed by atoms with E-state index >= 15 is 0 Å². The smallest absolute Gasteiger partial charge is 0.155 e. The van der Waals surface area contributed by atoms with Crippen molar-refractivity contribution in [1.82, 2.24) is 19.3 Å². The average molecular weight is 300 g/mol. The number of fused-ring (bicyclic) bond motifs is 1. The Bertz CT molecular complexity index is 634. The van der Waals surface area contributed by atoms with Crippen molar-refractivity contribution in [2.24, 2.45) is 5.92 Å². The van der Waals surface area contributed by atoms with Crippen LogP contribution in [0.1, 0.15) is 44.2 Å². The Morgan fingerprint density at radius 1 is 1.18 bits per heavy atom. The van der Waals surface area contributed by atoms with Gasteiger partial charge in [0.1, 0.15) is 0 Å². The van der Waals surface area contributed by atoms with Crippen LogP contribution in [0.5, 0.6) is 0 Å². The molecule has 118 valence electrons. The van der Waals surface area contributed by atoms with Gasteiger partial charge in [-0.2, -0.15) is 0 Å². The summed E-state index contributed by atoms with van der Waals surface area (Å²) >= 11 is 0. The first-order valence-corrected chi connectivity index (χ1v) is 8.49. The molecule has 1 aliphatic carbocycles. The molecule has 0 bridgehead atoms. The van der Waals surface area contributed by atoms with Crippen molar-refractivity contribution in [2.45, 2.75) is 57.2 Å². The van der Waals surface area contributed by atoms with Crippen LogP contribution in [0.3, 0.4) is 0 Å². The predicted octanol–water partition coefficient (Wildman–Crippen LogP) is 2.24. The van der Waals surface area contributed by atoms with Crippen LogP contribution in [0.15, 0.2) is 24.8 Å². The fourth-order valence-corrected chi connectivity index (χ4v) is 4.32. The average Bonchev–Trinajstić information content (AvgIpc) is 3.13. The summed E-state index contributed by atoms with van der Waals surface area (Å²) in [4.78, 5) is 11.0. The highest BCUT2D eigenvalue weighted by Crippen LogP contribution is 2.35. The minimum absolute atomic E-state index is 0.173. The molecule has 0 spiro atoms. The maximum Gasteiger partial charge on any atom is 0.155 e. The summed E-state index contributed by atoms with van der Waals surface area (Å²) in [5.74, 6) is 0.756. The lowest BCUT2D eigenvalue weighted by Gasteiger charge is -2.33. The zero-order valence-electron chi connectivity index (χ0n) is 12.9. The van der Waals surface area contributed by atoms with E-state index in [9.17, 15) is 5.11 Å². The minimum Gasteiger partial charge on any atom is -0.392 e. The van der Waals surface area contributed by atoms with Crippen molar-refractivity contribution in [3.63, 3.8) is 0 Å². The summed E-state index contributed by atoms with van der Waals surface area (Å²) in [5, 5.41) is 10.2. The van der Waals surface area contributed by atoms with E-state index in [0.29, 0.717) is 6.04 Å². The second-order valence-electron chi connectivity index (χ2n) is 6.84. The van der Waals surface area contributed by atoms with Gasteiger partial charge in [0, 0.05) is 31.5 Å². The van der Waals surface area contributed by atoms with Crippen LogP contribution in [0.2, 0.25) is 0 Å². The summed E-state index contributed by atoms with van der Waals surface area (Å²) in [7, 11) is 0. The number of β-amino-alcohol motifs (C(OH)–C–C–N with tert-alkyl or cyclic N) is 1. The van der Waals surface area contributed by atoms with Crippen molar-refractivity contribution in [2.75, 3.05) is 6.54 Å². The number of aliphatic hydroxyl groups excluding tert-OH is 1. The van der Waals surface area contributed by atoms with Gasteiger partial charge in [0.05, 0.1) is 24.2 Å². The van der Waals surface area contributed by atoms with Crippen LogP contribution in [-0.2, 0) is 6.54 Å². The highest BCUT2D eigenvalue weighted by molar-refractivity contribution is 5.36. The zero-order chi connectivity index (χ0) is 14.9. The molecule has 4 rings (SSSR count). The molecule has 0 radical (unpaired) electrons. The third-order valence-corrected chi connectivity index (χ3v) is 5.38. The third kappa shape index (κ3) is 2.63. The molecule has 1 N–H and O–H groups in total. The second-order valence-corrected chi connectivity index (χ2v) is 6.84. The molecule has 2 unspecified atom stereocenters. The van der Waals surface area contributed by atoms with E-state index in [0.717, 1.165) is 31.1 Å². The molecule has 22 heavy (non-hydrogen) atoms. The maximum atomic E-state index is 10.2. The molecule has 1 saturated heterocycles. The molecule has 0 aromatic carbocycles. The number of nitrogens with zero attached hydrogens (tertiary/aromatic N) is 4. The molecular weight excluding hydrogens is 276 g/mol. The van der Waals surface area contributed by atoms with E-state index in [1.54, 1.807) is 12.4 Å².